The lowest BCUT2D eigenvalue weighted by molar-refractivity contribution is 0.667. The van der Waals surface area contributed by atoms with E-state index >= 15 is 0 Å². The van der Waals surface area contributed by atoms with Crippen LogP contribution in [0.2, 0.25) is 0 Å². The summed E-state index contributed by atoms with van der Waals surface area (Å²) in [6, 6.07) is 21.1. The first-order valence-corrected chi connectivity index (χ1v) is 11.8. The van der Waals surface area contributed by atoms with E-state index in [2.05, 4.69) is 80.8 Å². The minimum absolute atomic E-state index is 0.581. The first-order valence-electron chi connectivity index (χ1n) is 9.92. The molecule has 0 amide bonds. The zero-order chi connectivity index (χ0) is 19.5. The Morgan fingerprint density at radius 2 is 1.66 bits per heavy atom. The normalized spacial score (nSPS) is 13.7. The lowest BCUT2D eigenvalue weighted by atomic mass is 10.2. The monoisotopic (exact) mass is 418 g/mol. The Labute approximate surface area is 179 Å². The molecular weight excluding hydrogens is 396 g/mol. The molecule has 4 aromatic rings. The third-order valence-electron chi connectivity index (χ3n) is 5.02. The minimum atomic E-state index is 0.581. The van der Waals surface area contributed by atoms with E-state index in [1.54, 1.807) is 23.1 Å². The van der Waals surface area contributed by atoms with Gasteiger partial charge in [0, 0.05) is 23.5 Å². The summed E-state index contributed by atoms with van der Waals surface area (Å²) >= 11 is 3.48. The second-order valence-electron chi connectivity index (χ2n) is 7.37. The van der Waals surface area contributed by atoms with E-state index in [4.69, 9.17) is 4.98 Å². The molecular formula is C23H22N4S2. The molecule has 0 saturated heterocycles. The van der Waals surface area contributed by atoms with Gasteiger partial charge in [0.05, 0.1) is 17.2 Å². The Morgan fingerprint density at radius 3 is 2.38 bits per heavy atom. The first kappa shape index (κ1) is 18.6. The van der Waals surface area contributed by atoms with Gasteiger partial charge in [-0.25, -0.2) is 4.98 Å². The highest BCUT2D eigenvalue weighted by molar-refractivity contribution is 7.98. The number of benzene rings is 2. The van der Waals surface area contributed by atoms with Crippen LogP contribution in [-0.4, -0.2) is 19.7 Å². The van der Waals surface area contributed by atoms with Gasteiger partial charge in [-0.15, -0.1) is 21.5 Å². The van der Waals surface area contributed by atoms with Crippen molar-refractivity contribution >= 4 is 23.1 Å². The predicted octanol–water partition coefficient (Wildman–Crippen LogP) is 5.54. The van der Waals surface area contributed by atoms with E-state index in [9.17, 15) is 0 Å². The number of thioether (sulfide) groups is 1. The molecule has 0 radical (unpaired) electrons. The lowest BCUT2D eigenvalue weighted by Gasteiger charge is -2.09. The average molecular weight is 419 g/mol. The second kappa shape index (κ2) is 8.51. The second-order valence-corrected chi connectivity index (χ2v) is 9.26. The molecule has 2 heterocycles. The van der Waals surface area contributed by atoms with Crippen molar-refractivity contribution < 1.29 is 0 Å². The molecule has 0 atom stereocenters. The van der Waals surface area contributed by atoms with E-state index < -0.39 is 0 Å². The molecule has 2 aromatic heterocycles. The van der Waals surface area contributed by atoms with Gasteiger partial charge in [-0.1, -0.05) is 72.4 Å². The Kier molecular flexibility index (Phi) is 5.45. The van der Waals surface area contributed by atoms with Crippen LogP contribution in [0, 0.1) is 0 Å². The van der Waals surface area contributed by atoms with Gasteiger partial charge in [-0.05, 0) is 24.0 Å². The van der Waals surface area contributed by atoms with E-state index in [-0.39, 0.29) is 0 Å². The van der Waals surface area contributed by atoms with Crippen molar-refractivity contribution in [2.45, 2.75) is 42.6 Å². The van der Waals surface area contributed by atoms with Crippen LogP contribution in [0.15, 0.2) is 71.2 Å². The molecule has 1 saturated carbocycles. The van der Waals surface area contributed by atoms with Gasteiger partial charge >= 0.3 is 0 Å². The standard InChI is InChI=1S/C23H22N4S2/c1-3-7-17(8-4-1)13-21-24-20(15-28-21)16-29-23-26-25-22(19-11-12-19)27(23)14-18-9-5-2-6-10-18/h1-10,15,19H,11-14,16H2. The quantitative estimate of drug-likeness (QED) is 0.352. The molecule has 4 nitrogen and oxygen atoms in total. The Morgan fingerprint density at radius 1 is 0.931 bits per heavy atom. The Balaban J connectivity index is 1.28. The van der Waals surface area contributed by atoms with E-state index in [1.165, 1.54) is 24.0 Å². The van der Waals surface area contributed by atoms with E-state index in [0.717, 1.165) is 40.4 Å². The molecule has 146 valence electrons. The van der Waals surface area contributed by atoms with Crippen molar-refractivity contribution in [1.29, 1.82) is 0 Å². The van der Waals surface area contributed by atoms with Crippen LogP contribution in [0.4, 0.5) is 0 Å². The Hall–Kier alpha value is -2.44. The number of nitrogens with zero attached hydrogens (tertiary/aromatic N) is 4. The highest BCUT2D eigenvalue weighted by Crippen LogP contribution is 2.40. The summed E-state index contributed by atoms with van der Waals surface area (Å²) in [7, 11) is 0. The van der Waals surface area contributed by atoms with Gasteiger partial charge in [0.2, 0.25) is 0 Å². The average Bonchev–Trinajstić information content (AvgIpc) is 3.38. The minimum Gasteiger partial charge on any atom is -0.301 e. The maximum Gasteiger partial charge on any atom is 0.191 e. The zero-order valence-corrected chi connectivity index (χ0v) is 17.7. The van der Waals surface area contributed by atoms with Crippen molar-refractivity contribution in [1.82, 2.24) is 19.7 Å². The van der Waals surface area contributed by atoms with E-state index in [1.807, 2.05) is 0 Å². The fourth-order valence-corrected chi connectivity index (χ4v) is 5.14. The smallest absolute Gasteiger partial charge is 0.191 e. The molecule has 1 fully saturated rings. The summed E-state index contributed by atoms with van der Waals surface area (Å²) in [4.78, 5) is 4.83. The van der Waals surface area contributed by atoms with Gasteiger partial charge < -0.3 is 4.57 Å². The molecule has 5 rings (SSSR count). The van der Waals surface area contributed by atoms with Gasteiger partial charge in [-0.2, -0.15) is 0 Å². The van der Waals surface area contributed by atoms with Crippen LogP contribution in [0.1, 0.15) is 46.4 Å². The highest BCUT2D eigenvalue weighted by atomic mass is 32.2. The number of hydrogen-bond donors (Lipinski definition) is 0. The maximum atomic E-state index is 4.83. The molecule has 0 unspecified atom stereocenters. The topological polar surface area (TPSA) is 43.6 Å². The molecule has 0 bridgehead atoms. The van der Waals surface area contributed by atoms with Crippen molar-refractivity contribution in [3.05, 3.63) is 93.7 Å². The van der Waals surface area contributed by atoms with Crippen molar-refractivity contribution in [2.24, 2.45) is 0 Å². The third-order valence-corrected chi connectivity index (χ3v) is 6.92. The van der Waals surface area contributed by atoms with Gasteiger partial charge in [-0.3, -0.25) is 0 Å². The fraction of sp³-hybridized carbons (Fsp3) is 0.261. The van der Waals surface area contributed by atoms with Crippen molar-refractivity contribution in [3.8, 4) is 0 Å². The maximum absolute atomic E-state index is 4.83. The highest BCUT2D eigenvalue weighted by Gasteiger charge is 2.30. The molecule has 2 aromatic carbocycles. The van der Waals surface area contributed by atoms with Gasteiger partial charge in [0.15, 0.2) is 5.16 Å². The number of aromatic nitrogens is 4. The number of rotatable bonds is 8. The molecule has 1 aliphatic rings. The number of thiazole rings is 1. The summed E-state index contributed by atoms with van der Waals surface area (Å²) in [5.74, 6) is 2.54. The van der Waals surface area contributed by atoms with Crippen LogP contribution < -0.4 is 0 Å². The largest absolute Gasteiger partial charge is 0.301 e. The fourth-order valence-electron chi connectivity index (χ4n) is 3.37. The summed E-state index contributed by atoms with van der Waals surface area (Å²) in [6.45, 7) is 0.832. The molecule has 0 spiro atoms. The molecule has 0 aliphatic heterocycles. The Bertz CT molecular complexity index is 1070. The predicted molar refractivity (Wildman–Crippen MR) is 118 cm³/mol. The van der Waals surface area contributed by atoms with Crippen LogP contribution in [0.25, 0.3) is 0 Å². The van der Waals surface area contributed by atoms with Gasteiger partial charge in [0.1, 0.15) is 5.82 Å². The van der Waals surface area contributed by atoms with E-state index in [0.29, 0.717) is 5.92 Å². The third kappa shape index (κ3) is 4.60. The number of hydrogen-bond acceptors (Lipinski definition) is 5. The summed E-state index contributed by atoms with van der Waals surface area (Å²) in [5.41, 5.74) is 3.71. The summed E-state index contributed by atoms with van der Waals surface area (Å²) in [6.07, 6.45) is 3.35. The molecule has 6 heteroatoms. The SMILES string of the molecule is c1ccc(Cc2nc(CSc3nnc(C4CC4)n3Cc3ccccc3)cs2)cc1. The summed E-state index contributed by atoms with van der Waals surface area (Å²) < 4.78 is 2.30. The zero-order valence-electron chi connectivity index (χ0n) is 16.1. The van der Waals surface area contributed by atoms with Crippen LogP contribution >= 0.6 is 23.1 Å². The molecule has 1 aliphatic carbocycles. The lowest BCUT2D eigenvalue weighted by Crippen LogP contribution is -2.06. The molecule has 0 N–H and O–H groups in total. The van der Waals surface area contributed by atoms with Crippen LogP contribution in [-0.2, 0) is 18.7 Å². The molecule has 29 heavy (non-hydrogen) atoms. The summed E-state index contributed by atoms with van der Waals surface area (Å²) in [5, 5.41) is 13.4. The van der Waals surface area contributed by atoms with Gasteiger partial charge in [0.25, 0.3) is 0 Å². The van der Waals surface area contributed by atoms with Crippen LogP contribution in [0.3, 0.4) is 0 Å². The van der Waals surface area contributed by atoms with Crippen molar-refractivity contribution in [3.63, 3.8) is 0 Å². The van der Waals surface area contributed by atoms with Crippen molar-refractivity contribution in [2.75, 3.05) is 0 Å². The first-order chi connectivity index (χ1) is 14.3. The van der Waals surface area contributed by atoms with Crippen LogP contribution in [0.5, 0.6) is 0 Å².